The van der Waals surface area contributed by atoms with Crippen molar-refractivity contribution >= 4 is 21.7 Å². The predicted octanol–water partition coefficient (Wildman–Crippen LogP) is -0.304. The number of carbonyl (C=O) groups is 2. The van der Waals surface area contributed by atoms with Crippen LogP contribution in [0.25, 0.3) is 0 Å². The predicted molar refractivity (Wildman–Crippen MR) is 91.6 cm³/mol. The first kappa shape index (κ1) is 19.5. The first-order valence-corrected chi connectivity index (χ1v) is 9.36. The fraction of sp³-hybridized carbons (Fsp3) is 0.500. The molecule has 1 heterocycles. The summed E-state index contributed by atoms with van der Waals surface area (Å²) in [5.41, 5.74) is 6.19. The van der Waals surface area contributed by atoms with Crippen LogP contribution >= 0.6 is 0 Å². The van der Waals surface area contributed by atoms with Gasteiger partial charge in [-0.3, -0.25) is 9.59 Å². The topological polar surface area (TPSA) is 110 Å². The van der Waals surface area contributed by atoms with E-state index in [1.54, 1.807) is 4.90 Å². The van der Waals surface area contributed by atoms with Gasteiger partial charge in [-0.05, 0) is 19.1 Å². The zero-order valence-electron chi connectivity index (χ0n) is 14.3. The molecule has 1 aliphatic heterocycles. The summed E-state index contributed by atoms with van der Waals surface area (Å²) in [6.45, 7) is 2.50. The standard InChI is InChI=1S/C16H23N3O5S/c1-12(20)13-3-5-14(6-4-13)25(22,23)19-9-7-18(8-10-19)16(21)15(17)11-24-2/h3-6,15H,7-11,17H2,1-2H3. The van der Waals surface area contributed by atoms with Gasteiger partial charge in [-0.1, -0.05) is 12.1 Å². The molecule has 0 saturated carbocycles. The van der Waals surface area contributed by atoms with Gasteiger partial charge < -0.3 is 15.4 Å². The monoisotopic (exact) mass is 369 g/mol. The van der Waals surface area contributed by atoms with Gasteiger partial charge in [0.25, 0.3) is 0 Å². The number of rotatable bonds is 6. The summed E-state index contributed by atoms with van der Waals surface area (Å²) in [4.78, 5) is 25.1. The molecule has 1 amide bonds. The maximum atomic E-state index is 12.7. The van der Waals surface area contributed by atoms with Gasteiger partial charge in [-0.25, -0.2) is 8.42 Å². The second-order valence-electron chi connectivity index (χ2n) is 5.87. The van der Waals surface area contributed by atoms with E-state index in [1.807, 2.05) is 0 Å². The molecule has 1 atom stereocenters. The van der Waals surface area contributed by atoms with Crippen LogP contribution in [0.3, 0.4) is 0 Å². The minimum atomic E-state index is -3.66. The van der Waals surface area contributed by atoms with Gasteiger partial charge in [0, 0.05) is 38.9 Å². The lowest BCUT2D eigenvalue weighted by Gasteiger charge is -2.35. The molecule has 2 N–H and O–H groups in total. The van der Waals surface area contributed by atoms with Crippen molar-refractivity contribution in [2.24, 2.45) is 5.73 Å². The van der Waals surface area contributed by atoms with E-state index < -0.39 is 16.1 Å². The smallest absolute Gasteiger partial charge is 0.243 e. The third kappa shape index (κ3) is 4.43. The lowest BCUT2D eigenvalue weighted by molar-refractivity contribution is -0.134. The lowest BCUT2D eigenvalue weighted by atomic mass is 10.2. The summed E-state index contributed by atoms with van der Waals surface area (Å²) in [6.07, 6.45) is 0. The minimum Gasteiger partial charge on any atom is -0.383 e. The van der Waals surface area contributed by atoms with E-state index in [4.69, 9.17) is 10.5 Å². The molecule has 0 aromatic heterocycles. The highest BCUT2D eigenvalue weighted by atomic mass is 32.2. The molecular weight excluding hydrogens is 346 g/mol. The molecule has 1 aliphatic rings. The van der Waals surface area contributed by atoms with Crippen molar-refractivity contribution < 1.29 is 22.7 Å². The van der Waals surface area contributed by atoms with Gasteiger partial charge in [0.15, 0.2) is 5.78 Å². The third-order valence-corrected chi connectivity index (χ3v) is 6.03. The van der Waals surface area contributed by atoms with Crippen LogP contribution in [0, 0.1) is 0 Å². The Kier molecular flexibility index (Phi) is 6.28. The molecular formula is C16H23N3O5S. The number of hydrogen-bond donors (Lipinski definition) is 1. The van der Waals surface area contributed by atoms with Crippen LogP contribution in [-0.2, 0) is 19.6 Å². The van der Waals surface area contributed by atoms with E-state index in [-0.39, 0.29) is 49.4 Å². The first-order chi connectivity index (χ1) is 11.8. The summed E-state index contributed by atoms with van der Waals surface area (Å²) < 4.78 is 31.6. The highest BCUT2D eigenvalue weighted by Crippen LogP contribution is 2.18. The third-order valence-electron chi connectivity index (χ3n) is 4.11. The highest BCUT2D eigenvalue weighted by molar-refractivity contribution is 7.89. The minimum absolute atomic E-state index is 0.122. The lowest BCUT2D eigenvalue weighted by Crippen LogP contribution is -2.55. The molecule has 0 spiro atoms. The maximum absolute atomic E-state index is 12.7. The fourth-order valence-electron chi connectivity index (χ4n) is 2.64. The van der Waals surface area contributed by atoms with Crippen molar-refractivity contribution in [3.8, 4) is 0 Å². The summed E-state index contributed by atoms with van der Waals surface area (Å²) in [6, 6.07) is 5.11. The van der Waals surface area contributed by atoms with Crippen LogP contribution in [-0.4, -0.2) is 75.3 Å². The van der Waals surface area contributed by atoms with E-state index in [0.717, 1.165) is 0 Å². The Hall–Kier alpha value is -1.81. The molecule has 1 saturated heterocycles. The molecule has 138 valence electrons. The van der Waals surface area contributed by atoms with Gasteiger partial charge in [0.2, 0.25) is 15.9 Å². The Bertz CT molecular complexity index is 725. The molecule has 0 bridgehead atoms. The molecule has 0 radical (unpaired) electrons. The van der Waals surface area contributed by atoms with E-state index >= 15 is 0 Å². The number of nitrogens with two attached hydrogens (primary N) is 1. The normalized spacial score (nSPS) is 17.3. The first-order valence-electron chi connectivity index (χ1n) is 7.92. The number of carbonyl (C=O) groups excluding carboxylic acids is 2. The Morgan fingerprint density at radius 2 is 1.72 bits per heavy atom. The number of sulfonamides is 1. The summed E-state index contributed by atoms with van der Waals surface area (Å²) in [5.74, 6) is -0.367. The van der Waals surface area contributed by atoms with Gasteiger partial charge in [0.05, 0.1) is 11.5 Å². The number of benzene rings is 1. The van der Waals surface area contributed by atoms with Gasteiger partial charge >= 0.3 is 0 Å². The van der Waals surface area contributed by atoms with Crippen molar-refractivity contribution in [3.63, 3.8) is 0 Å². The van der Waals surface area contributed by atoms with E-state index in [2.05, 4.69) is 0 Å². The van der Waals surface area contributed by atoms with Gasteiger partial charge in [-0.15, -0.1) is 0 Å². The number of hydrogen-bond acceptors (Lipinski definition) is 6. The summed E-state index contributed by atoms with van der Waals surface area (Å²) in [7, 11) is -2.19. The van der Waals surface area contributed by atoms with Gasteiger partial charge in [0.1, 0.15) is 6.04 Å². The van der Waals surface area contributed by atoms with Crippen LogP contribution in [0.2, 0.25) is 0 Å². The second-order valence-corrected chi connectivity index (χ2v) is 7.81. The quantitative estimate of drug-likeness (QED) is 0.689. The number of piperazine rings is 1. The second kappa shape index (κ2) is 8.05. The number of amides is 1. The fourth-order valence-corrected chi connectivity index (χ4v) is 4.07. The van der Waals surface area contributed by atoms with E-state index in [1.165, 1.54) is 42.6 Å². The number of ketones is 1. The van der Waals surface area contributed by atoms with Crippen LogP contribution < -0.4 is 5.73 Å². The molecule has 2 rings (SSSR count). The molecule has 0 aliphatic carbocycles. The van der Waals surface area contributed by atoms with Crippen molar-refractivity contribution in [2.45, 2.75) is 17.9 Å². The van der Waals surface area contributed by atoms with Crippen LogP contribution in [0.4, 0.5) is 0 Å². The average molecular weight is 369 g/mol. The number of methoxy groups -OCH3 is 1. The molecule has 8 nitrogen and oxygen atoms in total. The maximum Gasteiger partial charge on any atom is 0.243 e. The van der Waals surface area contributed by atoms with Crippen LogP contribution in [0.5, 0.6) is 0 Å². The van der Waals surface area contributed by atoms with Crippen molar-refractivity contribution in [3.05, 3.63) is 29.8 Å². The van der Waals surface area contributed by atoms with E-state index in [9.17, 15) is 18.0 Å². The Morgan fingerprint density at radius 1 is 1.16 bits per heavy atom. The molecule has 1 aromatic rings. The molecule has 1 aromatic carbocycles. The van der Waals surface area contributed by atoms with Crippen molar-refractivity contribution in [1.82, 2.24) is 9.21 Å². The Balaban J connectivity index is 2.03. The van der Waals surface area contributed by atoms with Gasteiger partial charge in [-0.2, -0.15) is 4.31 Å². The van der Waals surface area contributed by atoms with Crippen LogP contribution in [0.15, 0.2) is 29.2 Å². The highest BCUT2D eigenvalue weighted by Gasteiger charge is 2.31. The van der Waals surface area contributed by atoms with E-state index in [0.29, 0.717) is 5.56 Å². The zero-order valence-corrected chi connectivity index (χ0v) is 15.2. The van der Waals surface area contributed by atoms with Crippen LogP contribution in [0.1, 0.15) is 17.3 Å². The Morgan fingerprint density at radius 3 is 2.20 bits per heavy atom. The summed E-state index contributed by atoms with van der Waals surface area (Å²) in [5, 5.41) is 0. The number of nitrogens with zero attached hydrogens (tertiary/aromatic N) is 2. The van der Waals surface area contributed by atoms with Crippen molar-refractivity contribution in [2.75, 3.05) is 39.9 Å². The molecule has 9 heteroatoms. The molecule has 25 heavy (non-hydrogen) atoms. The summed E-state index contributed by atoms with van der Waals surface area (Å²) >= 11 is 0. The molecule has 1 unspecified atom stereocenters. The number of ether oxygens (including phenoxy) is 1. The van der Waals surface area contributed by atoms with Crippen molar-refractivity contribution in [1.29, 1.82) is 0 Å². The number of Topliss-reactive ketones (excluding diaryl/α,β-unsaturated/α-hetero) is 1. The Labute approximate surface area is 147 Å². The molecule has 1 fully saturated rings. The zero-order chi connectivity index (χ0) is 18.6. The average Bonchev–Trinajstić information content (AvgIpc) is 2.61. The SMILES string of the molecule is COCC(N)C(=O)N1CCN(S(=O)(=O)c2ccc(C(C)=O)cc2)CC1. The largest absolute Gasteiger partial charge is 0.383 e.